The summed E-state index contributed by atoms with van der Waals surface area (Å²) in [6.45, 7) is 0.0356. The van der Waals surface area contributed by atoms with E-state index in [0.717, 1.165) is 0 Å². The summed E-state index contributed by atoms with van der Waals surface area (Å²) < 4.78 is 4.60. The standard InChI is InChI=1S/C13H14N2O5/c1-20-13(19)9(5-11(14)17)15-6-8-7(12(15)18)3-2-4-10(8)16/h2-4,9,16H,5-6H2,1H3,(H2,14,17). The number of amides is 2. The number of esters is 1. The second-order valence-electron chi connectivity index (χ2n) is 4.45. The number of nitrogens with zero attached hydrogens (tertiary/aromatic N) is 1. The summed E-state index contributed by atoms with van der Waals surface area (Å²) >= 11 is 0. The third-order valence-electron chi connectivity index (χ3n) is 3.22. The van der Waals surface area contributed by atoms with E-state index >= 15 is 0 Å². The summed E-state index contributed by atoms with van der Waals surface area (Å²) in [5.41, 5.74) is 5.84. The molecule has 1 aliphatic heterocycles. The third-order valence-corrected chi connectivity index (χ3v) is 3.22. The Balaban J connectivity index is 2.34. The van der Waals surface area contributed by atoms with E-state index in [9.17, 15) is 19.5 Å². The number of hydrogen-bond donors (Lipinski definition) is 2. The first-order valence-corrected chi connectivity index (χ1v) is 5.93. The minimum atomic E-state index is -1.09. The van der Waals surface area contributed by atoms with Crippen molar-refractivity contribution in [3.05, 3.63) is 29.3 Å². The van der Waals surface area contributed by atoms with Gasteiger partial charge in [-0.1, -0.05) is 6.07 Å². The zero-order valence-corrected chi connectivity index (χ0v) is 10.8. The van der Waals surface area contributed by atoms with E-state index in [1.807, 2.05) is 0 Å². The van der Waals surface area contributed by atoms with Gasteiger partial charge in [0, 0.05) is 11.1 Å². The van der Waals surface area contributed by atoms with Crippen molar-refractivity contribution in [2.75, 3.05) is 7.11 Å². The van der Waals surface area contributed by atoms with Gasteiger partial charge in [0.15, 0.2) is 0 Å². The Bertz CT molecular complexity index is 584. The number of phenols is 1. The van der Waals surface area contributed by atoms with Crippen LogP contribution in [0.2, 0.25) is 0 Å². The molecule has 0 radical (unpaired) electrons. The van der Waals surface area contributed by atoms with Gasteiger partial charge in [-0.2, -0.15) is 0 Å². The Kier molecular flexibility index (Phi) is 3.60. The highest BCUT2D eigenvalue weighted by molar-refractivity contribution is 6.01. The highest BCUT2D eigenvalue weighted by Crippen LogP contribution is 2.31. The lowest BCUT2D eigenvalue weighted by Gasteiger charge is -2.24. The highest BCUT2D eigenvalue weighted by atomic mass is 16.5. The second kappa shape index (κ2) is 5.20. The summed E-state index contributed by atoms with van der Waals surface area (Å²) in [7, 11) is 1.17. The van der Waals surface area contributed by atoms with Crippen LogP contribution in [-0.2, 0) is 20.9 Å². The van der Waals surface area contributed by atoms with Crippen molar-refractivity contribution in [1.29, 1.82) is 0 Å². The molecular weight excluding hydrogens is 264 g/mol. The van der Waals surface area contributed by atoms with Crippen LogP contribution in [0.4, 0.5) is 0 Å². The molecule has 0 fully saturated rings. The minimum Gasteiger partial charge on any atom is -0.508 e. The summed E-state index contributed by atoms with van der Waals surface area (Å²) in [4.78, 5) is 36.2. The van der Waals surface area contributed by atoms with Crippen molar-refractivity contribution in [3.63, 3.8) is 0 Å². The van der Waals surface area contributed by atoms with Crippen LogP contribution >= 0.6 is 0 Å². The van der Waals surface area contributed by atoms with Crippen molar-refractivity contribution in [3.8, 4) is 5.75 Å². The molecule has 7 heteroatoms. The van der Waals surface area contributed by atoms with E-state index in [1.165, 1.54) is 24.1 Å². The van der Waals surface area contributed by atoms with Gasteiger partial charge in [0.05, 0.1) is 20.1 Å². The van der Waals surface area contributed by atoms with Gasteiger partial charge >= 0.3 is 5.97 Å². The lowest BCUT2D eigenvalue weighted by molar-refractivity contribution is -0.147. The molecule has 1 atom stereocenters. The maximum Gasteiger partial charge on any atom is 0.329 e. The lowest BCUT2D eigenvalue weighted by atomic mass is 10.1. The molecule has 0 aliphatic carbocycles. The van der Waals surface area contributed by atoms with Gasteiger partial charge in [0.2, 0.25) is 5.91 Å². The second-order valence-corrected chi connectivity index (χ2v) is 4.45. The van der Waals surface area contributed by atoms with Crippen LogP contribution in [0.15, 0.2) is 18.2 Å². The normalized spacial score (nSPS) is 14.8. The van der Waals surface area contributed by atoms with Crippen LogP contribution in [0.5, 0.6) is 5.75 Å². The average Bonchev–Trinajstić information content (AvgIpc) is 2.74. The van der Waals surface area contributed by atoms with Crippen molar-refractivity contribution >= 4 is 17.8 Å². The first-order chi connectivity index (χ1) is 9.45. The van der Waals surface area contributed by atoms with Gasteiger partial charge in [0.1, 0.15) is 11.8 Å². The zero-order chi connectivity index (χ0) is 14.9. The van der Waals surface area contributed by atoms with Crippen molar-refractivity contribution in [2.24, 2.45) is 5.73 Å². The molecule has 0 saturated heterocycles. The van der Waals surface area contributed by atoms with Gasteiger partial charge in [-0.15, -0.1) is 0 Å². The highest BCUT2D eigenvalue weighted by Gasteiger charge is 2.38. The molecule has 3 N–H and O–H groups in total. The fourth-order valence-electron chi connectivity index (χ4n) is 2.24. The van der Waals surface area contributed by atoms with Crippen molar-refractivity contribution in [1.82, 2.24) is 4.90 Å². The Hall–Kier alpha value is -2.57. The quantitative estimate of drug-likeness (QED) is 0.739. The molecule has 0 saturated carbocycles. The van der Waals surface area contributed by atoms with Gasteiger partial charge < -0.3 is 20.5 Å². The average molecular weight is 278 g/mol. The number of fused-ring (bicyclic) bond motifs is 1. The number of ether oxygens (including phenoxy) is 1. The molecule has 1 aromatic rings. The fraction of sp³-hybridized carbons (Fsp3) is 0.308. The van der Waals surface area contributed by atoms with Gasteiger partial charge in [-0.25, -0.2) is 4.79 Å². The van der Waals surface area contributed by atoms with Crippen LogP contribution in [-0.4, -0.2) is 40.9 Å². The molecule has 2 amide bonds. The predicted octanol–water partition coefficient (Wildman–Crippen LogP) is -0.235. The molecule has 7 nitrogen and oxygen atoms in total. The van der Waals surface area contributed by atoms with Crippen LogP contribution in [0, 0.1) is 0 Å². The van der Waals surface area contributed by atoms with Gasteiger partial charge in [-0.3, -0.25) is 9.59 Å². The Morgan fingerprint density at radius 3 is 2.75 bits per heavy atom. The van der Waals surface area contributed by atoms with E-state index in [0.29, 0.717) is 11.1 Å². The molecule has 20 heavy (non-hydrogen) atoms. The molecule has 106 valence electrons. The van der Waals surface area contributed by atoms with Crippen molar-refractivity contribution < 1.29 is 24.2 Å². The molecular formula is C13H14N2O5. The molecule has 1 aliphatic rings. The van der Waals surface area contributed by atoms with E-state index in [-0.39, 0.29) is 18.7 Å². The number of carbonyl (C=O) groups is 3. The number of hydrogen-bond acceptors (Lipinski definition) is 5. The largest absolute Gasteiger partial charge is 0.508 e. The summed E-state index contributed by atoms with van der Waals surface area (Å²) in [6, 6.07) is 3.46. The smallest absolute Gasteiger partial charge is 0.329 e. The van der Waals surface area contributed by atoms with Gasteiger partial charge in [0.25, 0.3) is 5.91 Å². The Labute approximate surface area is 114 Å². The molecule has 0 aromatic heterocycles. The number of aromatic hydroxyl groups is 1. The molecule has 0 bridgehead atoms. The first kappa shape index (κ1) is 13.9. The van der Waals surface area contributed by atoms with E-state index in [2.05, 4.69) is 4.74 Å². The number of rotatable bonds is 4. The number of nitrogens with two attached hydrogens (primary N) is 1. The minimum absolute atomic E-state index is 0.0268. The number of primary amides is 1. The van der Waals surface area contributed by atoms with Crippen molar-refractivity contribution in [2.45, 2.75) is 19.0 Å². The Morgan fingerprint density at radius 1 is 1.50 bits per heavy atom. The topological polar surface area (TPSA) is 110 Å². The van der Waals surface area contributed by atoms with E-state index < -0.39 is 23.8 Å². The zero-order valence-electron chi connectivity index (χ0n) is 10.8. The Morgan fingerprint density at radius 2 is 2.20 bits per heavy atom. The predicted molar refractivity (Wildman–Crippen MR) is 67.6 cm³/mol. The number of benzene rings is 1. The molecule has 1 unspecified atom stereocenters. The maximum absolute atomic E-state index is 12.2. The number of carbonyl (C=O) groups excluding carboxylic acids is 3. The number of methoxy groups -OCH3 is 1. The molecule has 1 aromatic carbocycles. The number of phenolic OH excluding ortho intramolecular Hbond substituents is 1. The van der Waals surface area contributed by atoms with Crippen LogP contribution in [0.1, 0.15) is 22.3 Å². The fourth-order valence-corrected chi connectivity index (χ4v) is 2.24. The lowest BCUT2D eigenvalue weighted by Crippen LogP contribution is -2.44. The molecule has 0 spiro atoms. The van der Waals surface area contributed by atoms with Crippen LogP contribution < -0.4 is 5.73 Å². The third kappa shape index (κ3) is 2.29. The SMILES string of the molecule is COC(=O)C(CC(N)=O)N1Cc2c(O)cccc2C1=O. The summed E-state index contributed by atoms with van der Waals surface area (Å²) in [5, 5.41) is 9.74. The summed E-state index contributed by atoms with van der Waals surface area (Å²) in [5.74, 6) is -1.90. The molecule has 1 heterocycles. The van der Waals surface area contributed by atoms with Crippen LogP contribution in [0.3, 0.4) is 0 Å². The maximum atomic E-state index is 12.2. The van der Waals surface area contributed by atoms with Gasteiger partial charge in [-0.05, 0) is 12.1 Å². The monoisotopic (exact) mass is 278 g/mol. The van der Waals surface area contributed by atoms with E-state index in [4.69, 9.17) is 5.73 Å². The molecule has 2 rings (SSSR count). The van der Waals surface area contributed by atoms with E-state index in [1.54, 1.807) is 6.07 Å². The first-order valence-electron chi connectivity index (χ1n) is 5.93. The van der Waals surface area contributed by atoms with Crippen LogP contribution in [0.25, 0.3) is 0 Å². The summed E-state index contributed by atoms with van der Waals surface area (Å²) in [6.07, 6.45) is -0.326.